The normalized spacial score (nSPS) is 11.9. The van der Waals surface area contributed by atoms with E-state index in [9.17, 15) is 4.79 Å². The molecule has 1 heterocycles. The van der Waals surface area contributed by atoms with Crippen molar-refractivity contribution in [1.82, 2.24) is 10.3 Å². The van der Waals surface area contributed by atoms with Crippen LogP contribution in [0, 0.1) is 0 Å². The molecule has 4 nitrogen and oxygen atoms in total. The first-order chi connectivity index (χ1) is 9.10. The summed E-state index contributed by atoms with van der Waals surface area (Å²) in [5, 5.41) is 2.83. The Morgan fingerprint density at radius 3 is 2.79 bits per heavy atom. The summed E-state index contributed by atoms with van der Waals surface area (Å²) in [6.45, 7) is 6.40. The summed E-state index contributed by atoms with van der Waals surface area (Å²) in [5.74, 6) is -0.215. The van der Waals surface area contributed by atoms with Crippen molar-refractivity contribution >= 4 is 5.91 Å². The fourth-order valence-corrected chi connectivity index (χ4v) is 1.77. The number of nitrogens with zero attached hydrogens (tertiary/aromatic N) is 1. The van der Waals surface area contributed by atoms with Crippen molar-refractivity contribution in [3.63, 3.8) is 0 Å². The van der Waals surface area contributed by atoms with Crippen LogP contribution in [0.3, 0.4) is 0 Å². The maximum Gasteiger partial charge on any atom is 0.267 e. The Morgan fingerprint density at radius 2 is 2.16 bits per heavy atom. The molecule has 19 heavy (non-hydrogen) atoms. The lowest BCUT2D eigenvalue weighted by Crippen LogP contribution is -2.29. The van der Waals surface area contributed by atoms with Crippen LogP contribution in [0.2, 0.25) is 0 Å². The average Bonchev–Trinajstić information content (AvgIpc) is 2.44. The third-order valence-electron chi connectivity index (χ3n) is 3.15. The third-order valence-corrected chi connectivity index (χ3v) is 3.15. The van der Waals surface area contributed by atoms with Gasteiger partial charge in [0.05, 0.1) is 17.9 Å². The first-order valence-corrected chi connectivity index (χ1v) is 6.76. The van der Waals surface area contributed by atoms with Gasteiger partial charge >= 0.3 is 0 Å². The van der Waals surface area contributed by atoms with E-state index in [0.717, 1.165) is 30.5 Å². The van der Waals surface area contributed by atoms with Gasteiger partial charge in [-0.25, -0.2) is 0 Å². The zero-order chi connectivity index (χ0) is 14.3. The van der Waals surface area contributed by atoms with Crippen LogP contribution in [-0.4, -0.2) is 10.9 Å². The number of aryl methyl sites for hydroxylation is 1. The van der Waals surface area contributed by atoms with Crippen molar-refractivity contribution in [2.24, 2.45) is 5.73 Å². The van der Waals surface area contributed by atoms with E-state index in [1.165, 1.54) is 5.56 Å². The predicted octanol–water partition coefficient (Wildman–Crippen LogP) is 2.29. The monoisotopic (exact) mass is 261 g/mol. The van der Waals surface area contributed by atoms with Crippen molar-refractivity contribution in [2.75, 3.05) is 0 Å². The van der Waals surface area contributed by atoms with Gasteiger partial charge in [-0.15, -0.1) is 0 Å². The average molecular weight is 261 g/mol. The van der Waals surface area contributed by atoms with Crippen LogP contribution >= 0.6 is 0 Å². The van der Waals surface area contributed by atoms with Crippen LogP contribution in [0.15, 0.2) is 29.6 Å². The molecule has 104 valence electrons. The van der Waals surface area contributed by atoms with Gasteiger partial charge in [0.15, 0.2) is 0 Å². The van der Waals surface area contributed by atoms with Crippen LogP contribution in [0.5, 0.6) is 0 Å². The molecule has 1 rings (SSSR count). The highest BCUT2D eigenvalue weighted by Gasteiger charge is 2.09. The van der Waals surface area contributed by atoms with Gasteiger partial charge in [0, 0.05) is 6.20 Å². The van der Waals surface area contributed by atoms with Crippen LogP contribution in [0.25, 0.3) is 0 Å². The molecule has 1 aromatic heterocycles. The first kappa shape index (κ1) is 15.2. The fraction of sp³-hybridized carbons (Fsp3) is 0.467. The van der Waals surface area contributed by atoms with Gasteiger partial charge in [-0.3, -0.25) is 9.78 Å². The Hall–Kier alpha value is -1.84. The lowest BCUT2D eigenvalue weighted by Gasteiger charge is -2.10. The molecule has 1 aromatic rings. The van der Waals surface area contributed by atoms with E-state index in [2.05, 4.69) is 23.3 Å². The summed E-state index contributed by atoms with van der Waals surface area (Å²) in [6, 6.07) is 3.97. The number of nitrogens with two attached hydrogens (primary N) is 1. The Morgan fingerprint density at radius 1 is 1.42 bits per heavy atom. The number of allylic oxidation sites excluding steroid dienone is 1. The van der Waals surface area contributed by atoms with Gasteiger partial charge in [0.1, 0.15) is 0 Å². The molecule has 0 saturated heterocycles. The topological polar surface area (TPSA) is 68.0 Å². The molecule has 0 fully saturated rings. The van der Waals surface area contributed by atoms with E-state index in [0.29, 0.717) is 12.2 Å². The summed E-state index contributed by atoms with van der Waals surface area (Å²) >= 11 is 0. The zero-order valence-corrected chi connectivity index (χ0v) is 12.0. The number of hydrogen-bond donors (Lipinski definition) is 2. The maximum absolute atomic E-state index is 11.9. The number of hydrogen-bond acceptors (Lipinski definition) is 3. The largest absolute Gasteiger partial charge is 0.394 e. The van der Waals surface area contributed by atoms with E-state index in [-0.39, 0.29) is 5.91 Å². The molecule has 0 aromatic carbocycles. The minimum Gasteiger partial charge on any atom is -0.394 e. The van der Waals surface area contributed by atoms with E-state index in [1.54, 1.807) is 6.20 Å². The zero-order valence-electron chi connectivity index (χ0n) is 12.0. The van der Waals surface area contributed by atoms with Crippen LogP contribution in [-0.2, 0) is 17.8 Å². The van der Waals surface area contributed by atoms with Crippen LogP contribution in [0.4, 0.5) is 0 Å². The van der Waals surface area contributed by atoms with Gasteiger partial charge in [0.25, 0.3) is 5.91 Å². The molecule has 1 amide bonds. The van der Waals surface area contributed by atoms with Gasteiger partial charge < -0.3 is 11.1 Å². The molecule has 0 spiro atoms. The SMILES string of the molecule is CCCc1cccnc1CNC(=O)/C(N)=C(/C)CC. The number of carbonyl (C=O) groups is 1. The van der Waals surface area contributed by atoms with Crippen LogP contribution in [0.1, 0.15) is 44.9 Å². The molecule has 0 aliphatic rings. The molecule has 0 atom stereocenters. The molecule has 0 saturated carbocycles. The standard InChI is InChI=1S/C15H23N3O/c1-4-7-12-8-6-9-17-13(12)10-18-15(19)14(16)11(3)5-2/h6,8-9H,4-5,7,10,16H2,1-3H3,(H,18,19)/b14-11+. The smallest absolute Gasteiger partial charge is 0.267 e. The van der Waals surface area contributed by atoms with Crippen molar-refractivity contribution in [3.05, 3.63) is 40.9 Å². The molecule has 0 aliphatic carbocycles. The summed E-state index contributed by atoms with van der Waals surface area (Å²) in [4.78, 5) is 16.2. The Bertz CT molecular complexity index is 466. The van der Waals surface area contributed by atoms with E-state index < -0.39 is 0 Å². The summed E-state index contributed by atoms with van der Waals surface area (Å²) < 4.78 is 0. The van der Waals surface area contributed by atoms with Crippen molar-refractivity contribution in [3.8, 4) is 0 Å². The number of pyridine rings is 1. The molecule has 4 heteroatoms. The first-order valence-electron chi connectivity index (χ1n) is 6.76. The van der Waals surface area contributed by atoms with Crippen molar-refractivity contribution in [2.45, 2.75) is 46.6 Å². The lowest BCUT2D eigenvalue weighted by atomic mass is 10.1. The summed E-state index contributed by atoms with van der Waals surface area (Å²) in [5.41, 5.74) is 9.10. The number of nitrogens with one attached hydrogen (secondary N) is 1. The van der Waals surface area contributed by atoms with E-state index in [4.69, 9.17) is 5.73 Å². The van der Waals surface area contributed by atoms with Gasteiger partial charge in [0.2, 0.25) is 0 Å². The highest BCUT2D eigenvalue weighted by atomic mass is 16.1. The summed E-state index contributed by atoms with van der Waals surface area (Å²) in [6.07, 6.45) is 4.56. The Balaban J connectivity index is 2.70. The molecule has 0 radical (unpaired) electrons. The highest BCUT2D eigenvalue weighted by Crippen LogP contribution is 2.08. The fourth-order valence-electron chi connectivity index (χ4n) is 1.77. The highest BCUT2D eigenvalue weighted by molar-refractivity contribution is 5.93. The lowest BCUT2D eigenvalue weighted by molar-refractivity contribution is -0.117. The van der Waals surface area contributed by atoms with Gasteiger partial charge in [-0.1, -0.05) is 26.3 Å². The predicted molar refractivity (Wildman–Crippen MR) is 77.3 cm³/mol. The number of carbonyl (C=O) groups excluding carboxylic acids is 1. The number of rotatable bonds is 6. The minimum atomic E-state index is -0.215. The minimum absolute atomic E-state index is 0.215. The van der Waals surface area contributed by atoms with Crippen molar-refractivity contribution < 1.29 is 4.79 Å². The van der Waals surface area contributed by atoms with Crippen molar-refractivity contribution in [1.29, 1.82) is 0 Å². The van der Waals surface area contributed by atoms with E-state index >= 15 is 0 Å². The van der Waals surface area contributed by atoms with Crippen LogP contribution < -0.4 is 11.1 Å². The van der Waals surface area contributed by atoms with E-state index in [1.807, 2.05) is 19.9 Å². The third kappa shape index (κ3) is 4.39. The second-order valence-electron chi connectivity index (χ2n) is 4.59. The Kier molecular flexibility index (Phi) is 6.06. The molecule has 0 unspecified atom stereocenters. The second kappa shape index (κ2) is 7.56. The quantitative estimate of drug-likeness (QED) is 0.772. The molecule has 3 N–H and O–H groups in total. The molecular weight excluding hydrogens is 238 g/mol. The van der Waals surface area contributed by atoms with Gasteiger partial charge in [-0.2, -0.15) is 0 Å². The summed E-state index contributed by atoms with van der Waals surface area (Å²) in [7, 11) is 0. The maximum atomic E-state index is 11.9. The number of amides is 1. The van der Waals surface area contributed by atoms with Gasteiger partial charge in [-0.05, 0) is 37.0 Å². The number of aromatic nitrogens is 1. The second-order valence-corrected chi connectivity index (χ2v) is 4.59. The molecule has 0 aliphatic heterocycles. The molecular formula is C15H23N3O. The Labute approximate surface area is 115 Å². The molecule has 0 bridgehead atoms.